The van der Waals surface area contributed by atoms with Crippen molar-refractivity contribution in [2.24, 2.45) is 5.10 Å². The summed E-state index contributed by atoms with van der Waals surface area (Å²) in [6.45, 7) is 1.30. The van der Waals surface area contributed by atoms with Crippen molar-refractivity contribution in [1.29, 1.82) is 0 Å². The van der Waals surface area contributed by atoms with Crippen molar-refractivity contribution in [3.05, 3.63) is 46.7 Å². The molecule has 0 saturated heterocycles. The normalized spacial score (nSPS) is 10.8. The topological polar surface area (TPSA) is 100.0 Å². The SMILES string of the molecule is COc1ccccc1-c1n[nH]c(=S)n1/N=C/c1cc(OC)c(OC(C)=O)c(OC)c1. The fraction of sp³-hybridized carbons (Fsp3) is 0.200. The first-order valence-corrected chi connectivity index (χ1v) is 9.19. The molecule has 0 fully saturated rings. The minimum Gasteiger partial charge on any atom is -0.496 e. The summed E-state index contributed by atoms with van der Waals surface area (Å²) in [6, 6.07) is 10.7. The summed E-state index contributed by atoms with van der Waals surface area (Å²) in [5.41, 5.74) is 1.36. The van der Waals surface area contributed by atoms with Crippen molar-refractivity contribution in [3.63, 3.8) is 0 Å². The van der Waals surface area contributed by atoms with Gasteiger partial charge in [0.25, 0.3) is 0 Å². The summed E-state index contributed by atoms with van der Waals surface area (Å²) in [4.78, 5) is 11.4. The van der Waals surface area contributed by atoms with Gasteiger partial charge in [-0.05, 0) is 36.5 Å². The number of carbonyl (C=O) groups is 1. The number of carbonyl (C=O) groups excluding carboxylic acids is 1. The van der Waals surface area contributed by atoms with Gasteiger partial charge in [0.2, 0.25) is 10.5 Å². The van der Waals surface area contributed by atoms with Gasteiger partial charge in [-0.1, -0.05) is 12.1 Å². The number of hydrogen-bond acceptors (Lipinski definition) is 8. The maximum absolute atomic E-state index is 11.4. The molecule has 0 bridgehead atoms. The molecule has 0 amide bonds. The van der Waals surface area contributed by atoms with Crippen LogP contribution in [0.15, 0.2) is 41.5 Å². The number of rotatable bonds is 7. The van der Waals surface area contributed by atoms with E-state index in [1.807, 2.05) is 24.3 Å². The Morgan fingerprint density at radius 2 is 1.73 bits per heavy atom. The molecule has 2 aromatic carbocycles. The van der Waals surface area contributed by atoms with Gasteiger partial charge in [-0.2, -0.15) is 14.9 Å². The van der Waals surface area contributed by atoms with Crippen LogP contribution < -0.4 is 18.9 Å². The second-order valence-electron chi connectivity index (χ2n) is 5.96. The third-order valence-electron chi connectivity index (χ3n) is 4.05. The molecule has 0 atom stereocenters. The molecular weight excluding hydrogens is 408 g/mol. The first-order chi connectivity index (χ1) is 14.5. The van der Waals surface area contributed by atoms with Gasteiger partial charge in [-0.15, -0.1) is 0 Å². The molecule has 0 aliphatic heterocycles. The zero-order valence-electron chi connectivity index (χ0n) is 16.8. The second-order valence-corrected chi connectivity index (χ2v) is 6.34. The number of aromatic amines is 1. The summed E-state index contributed by atoms with van der Waals surface area (Å²) in [6.07, 6.45) is 1.56. The highest BCUT2D eigenvalue weighted by molar-refractivity contribution is 7.71. The number of nitrogens with zero attached hydrogens (tertiary/aromatic N) is 3. The van der Waals surface area contributed by atoms with Crippen molar-refractivity contribution in [1.82, 2.24) is 14.9 Å². The minimum atomic E-state index is -0.487. The zero-order valence-corrected chi connectivity index (χ0v) is 17.6. The molecule has 9 nitrogen and oxygen atoms in total. The average molecular weight is 428 g/mol. The molecule has 3 aromatic rings. The quantitative estimate of drug-likeness (QED) is 0.266. The average Bonchev–Trinajstić information content (AvgIpc) is 3.12. The Morgan fingerprint density at radius 3 is 2.33 bits per heavy atom. The van der Waals surface area contributed by atoms with Gasteiger partial charge >= 0.3 is 5.97 Å². The van der Waals surface area contributed by atoms with Crippen LogP contribution in [0.25, 0.3) is 11.4 Å². The van der Waals surface area contributed by atoms with Crippen LogP contribution in [0.5, 0.6) is 23.0 Å². The van der Waals surface area contributed by atoms with E-state index < -0.39 is 5.97 Å². The van der Waals surface area contributed by atoms with E-state index in [1.165, 1.54) is 25.8 Å². The van der Waals surface area contributed by atoms with Crippen LogP contribution in [0, 0.1) is 4.77 Å². The molecule has 1 heterocycles. The smallest absolute Gasteiger partial charge is 0.308 e. The van der Waals surface area contributed by atoms with Gasteiger partial charge in [-0.25, -0.2) is 5.10 Å². The van der Waals surface area contributed by atoms with Crippen molar-refractivity contribution in [2.75, 3.05) is 21.3 Å². The minimum absolute atomic E-state index is 0.194. The lowest BCUT2D eigenvalue weighted by Gasteiger charge is -2.13. The summed E-state index contributed by atoms with van der Waals surface area (Å²) in [5.74, 6) is 1.48. The Balaban J connectivity index is 2.04. The number of benzene rings is 2. The molecule has 1 N–H and O–H groups in total. The van der Waals surface area contributed by atoms with Crippen molar-refractivity contribution < 1.29 is 23.7 Å². The lowest BCUT2D eigenvalue weighted by molar-refractivity contribution is -0.132. The molecule has 10 heteroatoms. The number of esters is 1. The number of aromatic nitrogens is 3. The van der Waals surface area contributed by atoms with E-state index in [1.54, 1.807) is 25.5 Å². The van der Waals surface area contributed by atoms with Crippen LogP contribution in [0.4, 0.5) is 0 Å². The van der Waals surface area contributed by atoms with Gasteiger partial charge in [0.1, 0.15) is 5.75 Å². The molecule has 0 aliphatic carbocycles. The standard InChI is InChI=1S/C20H20N4O5S/c1-12(25)29-18-16(27-3)9-13(10-17(18)28-4)11-21-24-19(22-23-20(24)30)14-7-5-6-8-15(14)26-2/h5-11H,1-4H3,(H,23,30)/b21-11+. The van der Waals surface area contributed by atoms with E-state index in [0.29, 0.717) is 33.4 Å². The van der Waals surface area contributed by atoms with Crippen LogP contribution in [0.2, 0.25) is 0 Å². The molecule has 0 saturated carbocycles. The summed E-state index contributed by atoms with van der Waals surface area (Å²) in [7, 11) is 4.51. The van der Waals surface area contributed by atoms with Crippen LogP contribution in [0.3, 0.4) is 0 Å². The number of methoxy groups -OCH3 is 3. The predicted molar refractivity (Wildman–Crippen MR) is 113 cm³/mol. The Labute approximate surface area is 177 Å². The Morgan fingerprint density at radius 1 is 1.10 bits per heavy atom. The van der Waals surface area contributed by atoms with Gasteiger partial charge in [0.15, 0.2) is 17.3 Å². The van der Waals surface area contributed by atoms with Crippen molar-refractivity contribution in [2.45, 2.75) is 6.92 Å². The monoisotopic (exact) mass is 428 g/mol. The number of ether oxygens (including phenoxy) is 4. The van der Waals surface area contributed by atoms with Gasteiger partial charge < -0.3 is 18.9 Å². The predicted octanol–water partition coefficient (Wildman–Crippen LogP) is 3.44. The van der Waals surface area contributed by atoms with E-state index in [-0.39, 0.29) is 5.75 Å². The Hall–Kier alpha value is -3.66. The van der Waals surface area contributed by atoms with Crippen molar-refractivity contribution in [3.8, 4) is 34.4 Å². The highest BCUT2D eigenvalue weighted by atomic mass is 32.1. The second kappa shape index (κ2) is 9.23. The molecule has 3 rings (SSSR count). The number of H-pyrrole nitrogens is 1. The van der Waals surface area contributed by atoms with Gasteiger partial charge in [0, 0.05) is 12.5 Å². The lowest BCUT2D eigenvalue weighted by atomic mass is 10.2. The van der Waals surface area contributed by atoms with E-state index in [2.05, 4.69) is 15.3 Å². The first kappa shape index (κ1) is 21.1. The maximum Gasteiger partial charge on any atom is 0.308 e. The first-order valence-electron chi connectivity index (χ1n) is 8.78. The largest absolute Gasteiger partial charge is 0.496 e. The van der Waals surface area contributed by atoms with Gasteiger partial charge in [-0.3, -0.25) is 4.79 Å². The van der Waals surface area contributed by atoms with E-state index in [9.17, 15) is 4.79 Å². The summed E-state index contributed by atoms with van der Waals surface area (Å²) in [5, 5.41) is 11.5. The molecule has 0 spiro atoms. The Kier molecular flexibility index (Phi) is 6.48. The molecule has 0 radical (unpaired) electrons. The molecular formula is C20H20N4O5S. The fourth-order valence-electron chi connectivity index (χ4n) is 2.75. The van der Waals surface area contributed by atoms with Crippen LogP contribution in [-0.4, -0.2) is 48.4 Å². The van der Waals surface area contributed by atoms with E-state index in [0.717, 1.165) is 5.56 Å². The van der Waals surface area contributed by atoms with E-state index in [4.69, 9.17) is 31.2 Å². The number of hydrogen-bond donors (Lipinski definition) is 1. The van der Waals surface area contributed by atoms with E-state index >= 15 is 0 Å². The molecule has 156 valence electrons. The molecule has 30 heavy (non-hydrogen) atoms. The fourth-order valence-corrected chi connectivity index (χ4v) is 2.93. The highest BCUT2D eigenvalue weighted by Gasteiger charge is 2.16. The molecule has 0 aliphatic rings. The third-order valence-corrected chi connectivity index (χ3v) is 4.31. The van der Waals surface area contributed by atoms with Crippen LogP contribution in [-0.2, 0) is 4.79 Å². The lowest BCUT2D eigenvalue weighted by Crippen LogP contribution is -2.05. The number of para-hydroxylation sites is 1. The van der Waals surface area contributed by atoms with Crippen molar-refractivity contribution >= 4 is 24.4 Å². The highest BCUT2D eigenvalue weighted by Crippen LogP contribution is 2.38. The summed E-state index contributed by atoms with van der Waals surface area (Å²) >= 11 is 5.32. The zero-order chi connectivity index (χ0) is 21.7. The molecule has 1 aromatic heterocycles. The van der Waals surface area contributed by atoms with Gasteiger partial charge in [0.05, 0.1) is 33.1 Å². The van der Waals surface area contributed by atoms with Crippen LogP contribution in [0.1, 0.15) is 12.5 Å². The maximum atomic E-state index is 11.4. The third kappa shape index (κ3) is 4.33. The van der Waals surface area contributed by atoms with Crippen LogP contribution >= 0.6 is 12.2 Å². The summed E-state index contributed by atoms with van der Waals surface area (Å²) < 4.78 is 23.1. The number of nitrogens with one attached hydrogen (secondary N) is 1. The molecule has 0 unspecified atom stereocenters. The Bertz CT molecular complexity index is 1130.